The first kappa shape index (κ1) is 15.5. The Labute approximate surface area is 139 Å². The van der Waals surface area contributed by atoms with E-state index in [4.69, 9.17) is 16.6 Å². The molecule has 6 heteroatoms. The summed E-state index contributed by atoms with van der Waals surface area (Å²) >= 11 is 7.87. The molecular weight excluding hydrogens is 318 g/mol. The van der Waals surface area contributed by atoms with Crippen molar-refractivity contribution in [3.05, 3.63) is 40.4 Å². The first-order valence-corrected chi connectivity index (χ1v) is 8.67. The third-order valence-corrected chi connectivity index (χ3v) is 5.26. The van der Waals surface area contributed by atoms with Gasteiger partial charge in [-0.15, -0.1) is 11.3 Å². The second-order valence-corrected chi connectivity index (χ2v) is 6.82. The number of benzene rings is 1. The Bertz CT molecular complexity index is 665. The summed E-state index contributed by atoms with van der Waals surface area (Å²) in [5.74, 6) is 0.175. The van der Waals surface area contributed by atoms with E-state index in [1.165, 1.54) is 4.90 Å². The highest BCUT2D eigenvalue weighted by Crippen LogP contribution is 2.29. The number of quaternary nitrogens is 1. The van der Waals surface area contributed by atoms with Crippen LogP contribution < -0.4 is 4.90 Å². The Morgan fingerprint density at radius 1 is 1.36 bits per heavy atom. The Hall–Kier alpha value is -1.43. The van der Waals surface area contributed by atoms with Crippen molar-refractivity contribution in [3.63, 3.8) is 0 Å². The Morgan fingerprint density at radius 3 is 2.77 bits per heavy atom. The normalized spacial score (nSPS) is 16.0. The fourth-order valence-corrected chi connectivity index (χ4v) is 3.86. The minimum Gasteiger partial charge on any atom is -0.332 e. The van der Waals surface area contributed by atoms with E-state index >= 15 is 0 Å². The van der Waals surface area contributed by atoms with E-state index in [0.717, 1.165) is 54.0 Å². The van der Waals surface area contributed by atoms with Crippen LogP contribution in [0.2, 0.25) is 5.02 Å². The van der Waals surface area contributed by atoms with Crippen LogP contribution in [0.15, 0.2) is 29.6 Å². The predicted octanol–water partition coefficient (Wildman–Crippen LogP) is 1.71. The van der Waals surface area contributed by atoms with Crippen LogP contribution in [0.5, 0.6) is 0 Å². The third-order valence-electron chi connectivity index (χ3n) is 4.00. The molecule has 1 aliphatic heterocycles. The molecule has 0 atom stereocenters. The van der Waals surface area contributed by atoms with Gasteiger partial charge in [0, 0.05) is 17.9 Å². The smallest absolute Gasteiger partial charge is 0.219 e. The van der Waals surface area contributed by atoms with Gasteiger partial charge in [0.15, 0.2) is 0 Å². The largest absolute Gasteiger partial charge is 0.332 e. The summed E-state index contributed by atoms with van der Waals surface area (Å²) in [5.41, 5.74) is 2.10. The van der Waals surface area contributed by atoms with Gasteiger partial charge in [-0.25, -0.2) is 4.98 Å². The quantitative estimate of drug-likeness (QED) is 0.926. The number of hydrogen-bond donors (Lipinski definition) is 1. The van der Waals surface area contributed by atoms with Gasteiger partial charge >= 0.3 is 0 Å². The molecule has 0 bridgehead atoms. The van der Waals surface area contributed by atoms with Gasteiger partial charge in [-0.05, 0) is 6.07 Å². The molecule has 1 fully saturated rings. The molecule has 1 amide bonds. The molecule has 2 aromatic rings. The van der Waals surface area contributed by atoms with E-state index in [0.29, 0.717) is 0 Å². The molecule has 1 aromatic carbocycles. The van der Waals surface area contributed by atoms with Gasteiger partial charge < -0.3 is 9.80 Å². The van der Waals surface area contributed by atoms with Crippen LogP contribution in [0, 0.1) is 0 Å². The van der Waals surface area contributed by atoms with Gasteiger partial charge in [0.2, 0.25) is 5.91 Å². The Balaban J connectivity index is 1.63. The molecule has 116 valence electrons. The van der Waals surface area contributed by atoms with Gasteiger partial charge in [-0.2, -0.15) is 0 Å². The molecule has 1 N–H and O–H groups in total. The molecule has 0 unspecified atom stereocenters. The van der Waals surface area contributed by atoms with Gasteiger partial charge in [0.05, 0.1) is 31.2 Å². The number of amides is 1. The summed E-state index contributed by atoms with van der Waals surface area (Å²) in [6.07, 6.45) is 0. The lowest BCUT2D eigenvalue weighted by molar-refractivity contribution is -0.917. The summed E-state index contributed by atoms with van der Waals surface area (Å²) in [7, 11) is 0. The van der Waals surface area contributed by atoms with Crippen molar-refractivity contribution >= 4 is 28.8 Å². The average Bonchev–Trinajstić information content (AvgIpc) is 2.96. The maximum absolute atomic E-state index is 11.3. The third kappa shape index (κ3) is 3.48. The van der Waals surface area contributed by atoms with Crippen molar-refractivity contribution in [1.82, 2.24) is 9.88 Å². The van der Waals surface area contributed by atoms with Crippen LogP contribution in [0.4, 0.5) is 0 Å². The Morgan fingerprint density at radius 2 is 2.09 bits per heavy atom. The molecule has 22 heavy (non-hydrogen) atoms. The van der Waals surface area contributed by atoms with Crippen LogP contribution in [0.3, 0.4) is 0 Å². The molecule has 0 saturated carbocycles. The number of nitrogens with zero attached hydrogens (tertiary/aromatic N) is 2. The average molecular weight is 337 g/mol. The molecule has 0 radical (unpaired) electrons. The summed E-state index contributed by atoms with van der Waals surface area (Å²) in [6.45, 7) is 6.20. The lowest BCUT2D eigenvalue weighted by Crippen LogP contribution is -3.13. The van der Waals surface area contributed by atoms with Crippen molar-refractivity contribution in [2.45, 2.75) is 13.5 Å². The van der Waals surface area contributed by atoms with E-state index in [2.05, 4.69) is 5.38 Å². The van der Waals surface area contributed by atoms with E-state index < -0.39 is 0 Å². The lowest BCUT2D eigenvalue weighted by atomic mass is 10.2. The predicted molar refractivity (Wildman–Crippen MR) is 89.2 cm³/mol. The van der Waals surface area contributed by atoms with Gasteiger partial charge in [-0.1, -0.05) is 29.8 Å². The zero-order valence-corrected chi connectivity index (χ0v) is 14.1. The summed E-state index contributed by atoms with van der Waals surface area (Å²) in [6, 6.07) is 7.81. The second kappa shape index (κ2) is 6.77. The standard InChI is InChI=1S/C16H18ClN3OS/c1-12(21)20-8-6-19(7-9-20)10-13-11-22-16(18-13)14-4-2-3-5-15(14)17/h2-5,11H,6-10H2,1H3/p+1. The highest BCUT2D eigenvalue weighted by atomic mass is 35.5. The lowest BCUT2D eigenvalue weighted by Gasteiger charge is -2.31. The molecule has 1 aromatic heterocycles. The fourth-order valence-electron chi connectivity index (χ4n) is 2.72. The first-order valence-electron chi connectivity index (χ1n) is 7.42. The maximum Gasteiger partial charge on any atom is 0.219 e. The van der Waals surface area contributed by atoms with E-state index in [9.17, 15) is 4.79 Å². The molecule has 4 nitrogen and oxygen atoms in total. The van der Waals surface area contributed by atoms with Crippen LogP contribution in [0.25, 0.3) is 10.6 Å². The highest BCUT2D eigenvalue weighted by Gasteiger charge is 2.22. The minimum absolute atomic E-state index is 0.175. The number of halogens is 1. The number of rotatable bonds is 3. The van der Waals surface area contributed by atoms with Crippen LogP contribution in [-0.2, 0) is 11.3 Å². The monoisotopic (exact) mass is 336 g/mol. The first-order chi connectivity index (χ1) is 10.6. The van der Waals surface area contributed by atoms with Crippen molar-refractivity contribution < 1.29 is 9.69 Å². The zero-order valence-electron chi connectivity index (χ0n) is 12.5. The van der Waals surface area contributed by atoms with E-state index in [-0.39, 0.29) is 5.91 Å². The molecule has 0 aliphatic carbocycles. The van der Waals surface area contributed by atoms with Gasteiger partial charge in [0.1, 0.15) is 17.2 Å². The number of carbonyl (C=O) groups is 1. The summed E-state index contributed by atoms with van der Waals surface area (Å²) in [4.78, 5) is 19.5. The summed E-state index contributed by atoms with van der Waals surface area (Å²) in [5, 5.41) is 3.83. The SMILES string of the molecule is CC(=O)N1CC[NH+](Cc2csc(-c3ccccc3Cl)n2)CC1. The van der Waals surface area contributed by atoms with E-state index in [1.54, 1.807) is 18.3 Å². The van der Waals surface area contributed by atoms with Crippen molar-refractivity contribution in [2.75, 3.05) is 26.2 Å². The second-order valence-electron chi connectivity index (χ2n) is 5.56. The molecule has 2 heterocycles. The number of piperazine rings is 1. The molecule has 3 rings (SSSR count). The van der Waals surface area contributed by atoms with Gasteiger partial charge in [0.25, 0.3) is 0 Å². The number of hydrogen-bond acceptors (Lipinski definition) is 3. The number of thiazole rings is 1. The molecule has 0 spiro atoms. The van der Waals surface area contributed by atoms with Crippen LogP contribution in [-0.4, -0.2) is 42.0 Å². The number of nitrogens with one attached hydrogen (secondary N) is 1. The Kier molecular flexibility index (Phi) is 4.76. The van der Waals surface area contributed by atoms with Crippen LogP contribution in [0.1, 0.15) is 12.6 Å². The number of aromatic nitrogens is 1. The molecule has 1 saturated heterocycles. The zero-order chi connectivity index (χ0) is 15.5. The summed E-state index contributed by atoms with van der Waals surface area (Å²) < 4.78 is 0. The van der Waals surface area contributed by atoms with Crippen molar-refractivity contribution in [3.8, 4) is 10.6 Å². The van der Waals surface area contributed by atoms with Crippen molar-refractivity contribution in [1.29, 1.82) is 0 Å². The molecule has 1 aliphatic rings. The van der Waals surface area contributed by atoms with Crippen LogP contribution >= 0.6 is 22.9 Å². The maximum atomic E-state index is 11.3. The number of carbonyl (C=O) groups excluding carboxylic acids is 1. The van der Waals surface area contributed by atoms with Crippen molar-refractivity contribution in [2.24, 2.45) is 0 Å². The topological polar surface area (TPSA) is 37.6 Å². The minimum atomic E-state index is 0.175. The van der Waals surface area contributed by atoms with Gasteiger partial charge in [-0.3, -0.25) is 4.79 Å². The fraction of sp³-hybridized carbons (Fsp3) is 0.375. The van der Waals surface area contributed by atoms with E-state index in [1.807, 2.05) is 29.2 Å². The highest BCUT2D eigenvalue weighted by molar-refractivity contribution is 7.13. The molecular formula is C16H19ClN3OS+.